The summed E-state index contributed by atoms with van der Waals surface area (Å²) in [5, 5.41) is 23.2. The lowest BCUT2D eigenvalue weighted by Gasteiger charge is -2.70. The van der Waals surface area contributed by atoms with Crippen molar-refractivity contribution in [3.05, 3.63) is 23.3 Å². The highest BCUT2D eigenvalue weighted by Gasteiger charge is 2.70. The normalized spacial score (nSPS) is 53.6. The smallest absolute Gasteiger partial charge is 0.303 e. The second kappa shape index (κ2) is 7.94. The first kappa shape index (κ1) is 26.5. The van der Waals surface area contributed by atoms with Crippen LogP contribution in [0.2, 0.25) is 0 Å². The number of aliphatic hydroxyl groups is 2. The van der Waals surface area contributed by atoms with Gasteiger partial charge in [-0.1, -0.05) is 78.7 Å². The second-order valence-electron chi connectivity index (χ2n) is 15.0. The van der Waals surface area contributed by atoms with Gasteiger partial charge in [0.25, 0.3) is 0 Å². The number of allylic oxidation sites excluding steroid dienone is 3. The molecule has 5 aliphatic carbocycles. The van der Waals surface area contributed by atoms with Crippen LogP contribution in [0.25, 0.3) is 0 Å². The molecule has 0 saturated heterocycles. The van der Waals surface area contributed by atoms with Gasteiger partial charge < -0.3 is 14.9 Å². The van der Waals surface area contributed by atoms with Crippen LogP contribution in [0.1, 0.15) is 101 Å². The SMILES string of the molecule is CC(=O)OC1C(O)C(O)C2(C)C3=CC=C4C5C(C)C(C)CCC5(C)CCC4(C)C3(C)CCC2C1(C)C. The molecule has 0 aromatic carbocycles. The number of ether oxygens (including phenoxy) is 1. The molecule has 0 aromatic heterocycles. The van der Waals surface area contributed by atoms with Gasteiger partial charge in [0.1, 0.15) is 12.2 Å². The third-order valence-corrected chi connectivity index (χ3v) is 13.2. The van der Waals surface area contributed by atoms with Gasteiger partial charge in [0.05, 0.1) is 6.10 Å². The van der Waals surface area contributed by atoms with Crippen molar-refractivity contribution >= 4 is 5.97 Å². The number of carbonyl (C=O) groups is 1. The zero-order chi connectivity index (χ0) is 26.6. The summed E-state index contributed by atoms with van der Waals surface area (Å²) in [5.41, 5.74) is 2.26. The van der Waals surface area contributed by atoms with Gasteiger partial charge in [0, 0.05) is 17.8 Å². The van der Waals surface area contributed by atoms with E-state index in [0.29, 0.717) is 17.3 Å². The molecule has 11 atom stereocenters. The Balaban J connectivity index is 1.65. The molecule has 11 unspecified atom stereocenters. The van der Waals surface area contributed by atoms with Crippen molar-refractivity contribution in [3.8, 4) is 0 Å². The molecular formula is C32H50O4. The average Bonchev–Trinajstić information content (AvgIpc) is 2.79. The Morgan fingerprint density at radius 2 is 1.58 bits per heavy atom. The molecule has 0 aliphatic heterocycles. The van der Waals surface area contributed by atoms with Crippen LogP contribution in [0.15, 0.2) is 23.3 Å². The zero-order valence-electron chi connectivity index (χ0n) is 24.1. The molecule has 4 heteroatoms. The van der Waals surface area contributed by atoms with Crippen LogP contribution >= 0.6 is 0 Å². The van der Waals surface area contributed by atoms with Crippen LogP contribution in [0, 0.1) is 50.7 Å². The lowest BCUT2D eigenvalue weighted by molar-refractivity contribution is -0.238. The van der Waals surface area contributed by atoms with Crippen LogP contribution < -0.4 is 0 Å². The van der Waals surface area contributed by atoms with E-state index in [-0.39, 0.29) is 16.7 Å². The predicted molar refractivity (Wildman–Crippen MR) is 143 cm³/mol. The predicted octanol–water partition coefficient (Wildman–Crippen LogP) is 6.46. The minimum absolute atomic E-state index is 0.0438. The summed E-state index contributed by atoms with van der Waals surface area (Å²) in [7, 11) is 0. The first-order valence-corrected chi connectivity index (χ1v) is 14.5. The molecule has 202 valence electrons. The molecule has 5 rings (SSSR count). The van der Waals surface area contributed by atoms with Crippen molar-refractivity contribution in [1.29, 1.82) is 0 Å². The molecule has 0 bridgehead atoms. The molecule has 0 spiro atoms. The number of hydrogen-bond acceptors (Lipinski definition) is 4. The summed E-state index contributed by atoms with van der Waals surface area (Å²) < 4.78 is 5.66. The van der Waals surface area contributed by atoms with E-state index in [4.69, 9.17) is 4.74 Å². The van der Waals surface area contributed by atoms with Crippen LogP contribution in [0.3, 0.4) is 0 Å². The summed E-state index contributed by atoms with van der Waals surface area (Å²) in [4.78, 5) is 11.9. The molecular weight excluding hydrogens is 448 g/mol. The van der Waals surface area contributed by atoms with Crippen LogP contribution in [0.4, 0.5) is 0 Å². The van der Waals surface area contributed by atoms with Gasteiger partial charge in [-0.15, -0.1) is 0 Å². The highest BCUT2D eigenvalue weighted by molar-refractivity contribution is 5.66. The summed E-state index contributed by atoms with van der Waals surface area (Å²) in [6.07, 6.45) is 9.11. The molecule has 0 aromatic rings. The molecule has 4 nitrogen and oxygen atoms in total. The quantitative estimate of drug-likeness (QED) is 0.407. The van der Waals surface area contributed by atoms with Gasteiger partial charge in [-0.25, -0.2) is 0 Å². The van der Waals surface area contributed by atoms with Crippen molar-refractivity contribution in [2.45, 2.75) is 119 Å². The fourth-order valence-electron chi connectivity index (χ4n) is 10.6. The number of esters is 1. The minimum Gasteiger partial charge on any atom is -0.459 e. The Morgan fingerprint density at radius 1 is 0.917 bits per heavy atom. The first-order chi connectivity index (χ1) is 16.6. The van der Waals surface area contributed by atoms with E-state index in [9.17, 15) is 15.0 Å². The molecule has 2 N–H and O–H groups in total. The number of aliphatic hydroxyl groups excluding tert-OH is 2. The van der Waals surface area contributed by atoms with Crippen LogP contribution in [-0.2, 0) is 9.53 Å². The number of carbonyl (C=O) groups excluding carboxylic acids is 1. The highest BCUT2D eigenvalue weighted by atomic mass is 16.6. The monoisotopic (exact) mass is 498 g/mol. The van der Waals surface area contributed by atoms with E-state index in [1.165, 1.54) is 38.2 Å². The largest absolute Gasteiger partial charge is 0.459 e. The van der Waals surface area contributed by atoms with Gasteiger partial charge in [0.2, 0.25) is 0 Å². The molecule has 4 saturated carbocycles. The summed E-state index contributed by atoms with van der Waals surface area (Å²) >= 11 is 0. The van der Waals surface area contributed by atoms with Crippen molar-refractivity contribution < 1.29 is 19.7 Å². The van der Waals surface area contributed by atoms with Crippen molar-refractivity contribution in [3.63, 3.8) is 0 Å². The van der Waals surface area contributed by atoms with E-state index in [2.05, 4.69) is 67.5 Å². The topological polar surface area (TPSA) is 66.8 Å². The second-order valence-corrected chi connectivity index (χ2v) is 15.0. The lowest BCUT2D eigenvalue weighted by Crippen LogP contribution is -2.69. The van der Waals surface area contributed by atoms with E-state index in [1.807, 2.05) is 0 Å². The maximum atomic E-state index is 11.9. The minimum atomic E-state index is -1.11. The lowest BCUT2D eigenvalue weighted by atomic mass is 9.35. The Morgan fingerprint density at radius 3 is 2.22 bits per heavy atom. The van der Waals surface area contributed by atoms with Crippen molar-refractivity contribution in [2.24, 2.45) is 50.7 Å². The number of rotatable bonds is 1. The molecule has 5 aliphatic rings. The maximum Gasteiger partial charge on any atom is 0.303 e. The zero-order valence-corrected chi connectivity index (χ0v) is 24.1. The Bertz CT molecular complexity index is 1010. The third kappa shape index (κ3) is 3.09. The number of fused-ring (bicyclic) bond motifs is 7. The highest BCUT2D eigenvalue weighted by Crippen LogP contribution is 2.74. The fraction of sp³-hybridized carbons (Fsp3) is 0.844. The van der Waals surface area contributed by atoms with Gasteiger partial charge in [0.15, 0.2) is 0 Å². The molecule has 4 fully saturated rings. The fourth-order valence-corrected chi connectivity index (χ4v) is 10.6. The standard InChI is InChI=1S/C32H50O4/c1-18-12-14-29(6)16-17-30(7)21(24(29)19(18)2)10-11-23-31(30,8)15-13-22-28(4,5)27(36-20(3)33)25(34)26(35)32(22,23)9/h10-11,18-19,22,24-27,34-35H,12-17H2,1-9H3. The average molecular weight is 499 g/mol. The van der Waals surface area contributed by atoms with Gasteiger partial charge in [-0.3, -0.25) is 4.79 Å². The first-order valence-electron chi connectivity index (χ1n) is 14.5. The Labute approximate surface area is 219 Å². The van der Waals surface area contributed by atoms with Crippen LogP contribution in [-0.4, -0.2) is 34.5 Å². The molecule has 0 heterocycles. The van der Waals surface area contributed by atoms with Crippen molar-refractivity contribution in [2.75, 3.05) is 0 Å². The van der Waals surface area contributed by atoms with Gasteiger partial charge >= 0.3 is 5.97 Å². The third-order valence-electron chi connectivity index (χ3n) is 13.2. The summed E-state index contributed by atoms with van der Waals surface area (Å²) in [6.45, 7) is 20.2. The summed E-state index contributed by atoms with van der Waals surface area (Å²) in [6, 6.07) is 0. The van der Waals surface area contributed by atoms with Gasteiger partial charge in [-0.2, -0.15) is 0 Å². The maximum absolute atomic E-state index is 11.9. The Kier molecular flexibility index (Phi) is 5.84. The van der Waals surface area contributed by atoms with E-state index >= 15 is 0 Å². The Hall–Kier alpha value is -1.13. The van der Waals surface area contributed by atoms with E-state index in [0.717, 1.165) is 18.8 Å². The number of hydrogen-bond donors (Lipinski definition) is 2. The molecule has 36 heavy (non-hydrogen) atoms. The van der Waals surface area contributed by atoms with Crippen molar-refractivity contribution in [1.82, 2.24) is 0 Å². The van der Waals surface area contributed by atoms with Crippen LogP contribution in [0.5, 0.6) is 0 Å². The molecule has 0 amide bonds. The van der Waals surface area contributed by atoms with E-state index < -0.39 is 35.1 Å². The summed E-state index contributed by atoms with van der Waals surface area (Å²) in [5.74, 6) is 1.72. The van der Waals surface area contributed by atoms with E-state index in [1.54, 1.807) is 5.57 Å². The van der Waals surface area contributed by atoms with Gasteiger partial charge in [-0.05, 0) is 78.4 Å². The molecule has 0 radical (unpaired) electrons.